The highest BCUT2D eigenvalue weighted by Gasteiger charge is 2.09. The summed E-state index contributed by atoms with van der Waals surface area (Å²) in [5.74, 6) is -1.09. The van der Waals surface area contributed by atoms with Gasteiger partial charge in [-0.25, -0.2) is 13.8 Å². The number of hydrogen-bond acceptors (Lipinski definition) is 4. The zero-order chi connectivity index (χ0) is 12.4. The quantitative estimate of drug-likeness (QED) is 0.840. The fourth-order valence-electron chi connectivity index (χ4n) is 1.40. The lowest BCUT2D eigenvalue weighted by Crippen LogP contribution is -2.03. The van der Waals surface area contributed by atoms with Crippen molar-refractivity contribution in [3.05, 3.63) is 41.6 Å². The number of hydrogen-bond donors (Lipinski definition) is 2. The molecule has 4 nitrogen and oxygen atoms in total. The van der Waals surface area contributed by atoms with Crippen molar-refractivity contribution in [3.63, 3.8) is 0 Å². The predicted molar refractivity (Wildman–Crippen MR) is 60.8 cm³/mol. The summed E-state index contributed by atoms with van der Waals surface area (Å²) >= 11 is 0. The Labute approximate surface area is 96.5 Å². The SMILES string of the molecule is Cc1cc(Nc2c(F)cccc2F)nc(N)n1. The van der Waals surface area contributed by atoms with Crippen LogP contribution in [0.2, 0.25) is 0 Å². The summed E-state index contributed by atoms with van der Waals surface area (Å²) < 4.78 is 26.7. The van der Waals surface area contributed by atoms with E-state index in [2.05, 4.69) is 15.3 Å². The molecule has 0 aliphatic heterocycles. The highest BCUT2D eigenvalue weighted by atomic mass is 19.1. The van der Waals surface area contributed by atoms with Crippen LogP contribution in [-0.2, 0) is 0 Å². The van der Waals surface area contributed by atoms with E-state index in [1.54, 1.807) is 13.0 Å². The zero-order valence-corrected chi connectivity index (χ0v) is 9.04. The molecule has 0 aliphatic carbocycles. The van der Waals surface area contributed by atoms with Crippen molar-refractivity contribution < 1.29 is 8.78 Å². The first-order chi connectivity index (χ1) is 8.06. The van der Waals surface area contributed by atoms with Crippen LogP contribution in [0, 0.1) is 18.6 Å². The number of para-hydroxylation sites is 1. The maximum absolute atomic E-state index is 13.4. The molecular formula is C11H10F2N4. The zero-order valence-electron chi connectivity index (χ0n) is 9.04. The largest absolute Gasteiger partial charge is 0.368 e. The Balaban J connectivity index is 2.38. The van der Waals surface area contributed by atoms with Crippen LogP contribution in [0.1, 0.15) is 5.69 Å². The molecule has 1 heterocycles. The number of benzene rings is 1. The maximum Gasteiger partial charge on any atom is 0.222 e. The number of aromatic nitrogens is 2. The van der Waals surface area contributed by atoms with Crippen LogP contribution in [0.5, 0.6) is 0 Å². The summed E-state index contributed by atoms with van der Waals surface area (Å²) in [5, 5.41) is 2.54. The van der Waals surface area contributed by atoms with E-state index in [4.69, 9.17) is 5.73 Å². The smallest absolute Gasteiger partial charge is 0.222 e. The average molecular weight is 236 g/mol. The van der Waals surface area contributed by atoms with Gasteiger partial charge in [0.25, 0.3) is 0 Å². The monoisotopic (exact) mass is 236 g/mol. The Hall–Kier alpha value is -2.24. The van der Waals surface area contributed by atoms with Crippen LogP contribution < -0.4 is 11.1 Å². The molecule has 1 aromatic carbocycles. The molecule has 0 atom stereocenters. The fraction of sp³-hybridized carbons (Fsp3) is 0.0909. The highest BCUT2D eigenvalue weighted by molar-refractivity contribution is 5.58. The van der Waals surface area contributed by atoms with Gasteiger partial charge in [-0.3, -0.25) is 0 Å². The first kappa shape index (κ1) is 11.3. The topological polar surface area (TPSA) is 63.8 Å². The van der Waals surface area contributed by atoms with Crippen LogP contribution in [0.3, 0.4) is 0 Å². The lowest BCUT2D eigenvalue weighted by atomic mass is 10.3. The standard InChI is InChI=1S/C11H10F2N4/c1-6-5-9(17-11(14)15-6)16-10-7(12)3-2-4-8(10)13/h2-5H,1H3,(H3,14,15,16,17). The molecular weight excluding hydrogens is 226 g/mol. The Morgan fingerprint density at radius 1 is 1.18 bits per heavy atom. The van der Waals surface area contributed by atoms with Crippen molar-refractivity contribution in [3.8, 4) is 0 Å². The van der Waals surface area contributed by atoms with Crippen LogP contribution in [0.4, 0.5) is 26.2 Å². The van der Waals surface area contributed by atoms with Crippen LogP contribution in [0.15, 0.2) is 24.3 Å². The van der Waals surface area contributed by atoms with Gasteiger partial charge >= 0.3 is 0 Å². The third-order valence-electron chi connectivity index (χ3n) is 2.09. The van der Waals surface area contributed by atoms with Gasteiger partial charge in [-0.05, 0) is 19.1 Å². The average Bonchev–Trinajstić information content (AvgIpc) is 2.22. The molecule has 88 valence electrons. The number of nitrogen functional groups attached to an aromatic ring is 1. The maximum atomic E-state index is 13.4. The summed E-state index contributed by atoms with van der Waals surface area (Å²) in [6, 6.07) is 5.14. The number of nitrogens with two attached hydrogens (primary N) is 1. The van der Waals surface area contributed by atoms with Gasteiger partial charge in [0.15, 0.2) is 0 Å². The van der Waals surface area contributed by atoms with E-state index < -0.39 is 11.6 Å². The second kappa shape index (κ2) is 4.32. The summed E-state index contributed by atoms with van der Waals surface area (Å²) in [6.07, 6.45) is 0. The second-order valence-electron chi connectivity index (χ2n) is 3.47. The fourth-order valence-corrected chi connectivity index (χ4v) is 1.40. The van der Waals surface area contributed by atoms with Gasteiger partial charge in [0.1, 0.15) is 23.1 Å². The number of rotatable bonds is 2. The van der Waals surface area contributed by atoms with E-state index in [0.29, 0.717) is 5.69 Å². The minimum atomic E-state index is -0.695. The molecule has 6 heteroatoms. The Morgan fingerprint density at radius 3 is 2.41 bits per heavy atom. The predicted octanol–water partition coefficient (Wildman–Crippen LogP) is 2.39. The van der Waals surface area contributed by atoms with Crippen molar-refractivity contribution in [2.75, 3.05) is 11.1 Å². The molecule has 0 aliphatic rings. The number of aryl methyl sites for hydroxylation is 1. The third kappa shape index (κ3) is 2.47. The van der Waals surface area contributed by atoms with E-state index in [0.717, 1.165) is 12.1 Å². The molecule has 17 heavy (non-hydrogen) atoms. The van der Waals surface area contributed by atoms with Crippen molar-refractivity contribution in [1.29, 1.82) is 0 Å². The van der Waals surface area contributed by atoms with Gasteiger partial charge in [0.2, 0.25) is 5.95 Å². The summed E-state index contributed by atoms with van der Waals surface area (Å²) in [4.78, 5) is 7.69. The van der Waals surface area contributed by atoms with Crippen LogP contribution >= 0.6 is 0 Å². The first-order valence-electron chi connectivity index (χ1n) is 4.88. The Kier molecular flexibility index (Phi) is 2.86. The Morgan fingerprint density at radius 2 is 1.82 bits per heavy atom. The number of nitrogens with one attached hydrogen (secondary N) is 1. The molecule has 0 saturated heterocycles. The molecule has 0 bridgehead atoms. The van der Waals surface area contributed by atoms with Crippen molar-refractivity contribution >= 4 is 17.5 Å². The van der Waals surface area contributed by atoms with E-state index in [1.165, 1.54) is 6.07 Å². The van der Waals surface area contributed by atoms with Gasteiger partial charge in [0, 0.05) is 11.8 Å². The lowest BCUT2D eigenvalue weighted by Gasteiger charge is -2.08. The molecule has 0 spiro atoms. The van der Waals surface area contributed by atoms with E-state index >= 15 is 0 Å². The van der Waals surface area contributed by atoms with Crippen LogP contribution in [-0.4, -0.2) is 9.97 Å². The molecule has 2 aromatic rings. The molecule has 0 fully saturated rings. The van der Waals surface area contributed by atoms with E-state index in [9.17, 15) is 8.78 Å². The minimum Gasteiger partial charge on any atom is -0.368 e. The van der Waals surface area contributed by atoms with Gasteiger partial charge < -0.3 is 11.1 Å². The molecule has 1 aromatic heterocycles. The highest BCUT2D eigenvalue weighted by Crippen LogP contribution is 2.22. The van der Waals surface area contributed by atoms with Crippen LogP contribution in [0.25, 0.3) is 0 Å². The van der Waals surface area contributed by atoms with Crippen molar-refractivity contribution in [2.45, 2.75) is 6.92 Å². The Bertz CT molecular complexity index is 517. The van der Waals surface area contributed by atoms with Gasteiger partial charge in [-0.2, -0.15) is 4.98 Å². The second-order valence-corrected chi connectivity index (χ2v) is 3.47. The third-order valence-corrected chi connectivity index (χ3v) is 2.09. The summed E-state index contributed by atoms with van der Waals surface area (Å²) in [7, 11) is 0. The number of halogens is 2. The molecule has 0 saturated carbocycles. The summed E-state index contributed by atoms with van der Waals surface area (Å²) in [5.41, 5.74) is 5.79. The molecule has 0 radical (unpaired) electrons. The summed E-state index contributed by atoms with van der Waals surface area (Å²) in [6.45, 7) is 1.71. The first-order valence-corrected chi connectivity index (χ1v) is 4.88. The lowest BCUT2D eigenvalue weighted by molar-refractivity contribution is 0.590. The molecule has 3 N–H and O–H groups in total. The minimum absolute atomic E-state index is 0.0456. The van der Waals surface area contributed by atoms with E-state index in [1.807, 2.05) is 0 Å². The van der Waals surface area contributed by atoms with Crippen molar-refractivity contribution in [1.82, 2.24) is 9.97 Å². The number of nitrogens with zero attached hydrogens (tertiary/aromatic N) is 2. The molecule has 2 rings (SSSR count). The molecule has 0 unspecified atom stereocenters. The normalized spacial score (nSPS) is 10.3. The van der Waals surface area contributed by atoms with Gasteiger partial charge in [0.05, 0.1) is 0 Å². The van der Waals surface area contributed by atoms with Gasteiger partial charge in [-0.15, -0.1) is 0 Å². The van der Waals surface area contributed by atoms with Crippen molar-refractivity contribution in [2.24, 2.45) is 0 Å². The van der Waals surface area contributed by atoms with E-state index in [-0.39, 0.29) is 17.5 Å². The number of anilines is 3. The van der Waals surface area contributed by atoms with Gasteiger partial charge in [-0.1, -0.05) is 6.07 Å². The molecule has 0 amide bonds.